The van der Waals surface area contributed by atoms with Crippen molar-refractivity contribution < 1.29 is 19.0 Å². The van der Waals surface area contributed by atoms with E-state index in [2.05, 4.69) is 19.9 Å². The molecule has 4 aromatic rings. The van der Waals surface area contributed by atoms with Crippen LogP contribution in [0, 0.1) is 6.92 Å². The molecule has 0 bridgehead atoms. The molecule has 0 atom stereocenters. The average molecular weight is 408 g/mol. The van der Waals surface area contributed by atoms with Gasteiger partial charge in [-0.05, 0) is 31.2 Å². The molecule has 0 unspecified atom stereocenters. The van der Waals surface area contributed by atoms with E-state index in [0.717, 1.165) is 11.3 Å². The lowest BCUT2D eigenvalue weighted by Crippen LogP contribution is -2.04. The summed E-state index contributed by atoms with van der Waals surface area (Å²) in [5.74, 6) is 0.901. The first-order chi connectivity index (χ1) is 14.5. The number of ether oxygens (including phenoxy) is 2. The smallest absolute Gasteiger partial charge is 0.227 e. The lowest BCUT2D eigenvalue weighted by Gasteiger charge is -2.07. The lowest BCUT2D eigenvalue weighted by atomic mass is 10.1. The highest BCUT2D eigenvalue weighted by atomic mass is 16.5. The minimum absolute atomic E-state index is 0.0210. The predicted molar refractivity (Wildman–Crippen MR) is 109 cm³/mol. The Hall–Kier alpha value is -3.85. The van der Waals surface area contributed by atoms with Crippen LogP contribution < -0.4 is 10.2 Å². The monoisotopic (exact) mass is 408 g/mol. The van der Waals surface area contributed by atoms with Crippen LogP contribution in [-0.4, -0.2) is 39.3 Å². The van der Waals surface area contributed by atoms with Crippen LogP contribution in [0.15, 0.2) is 45.9 Å². The largest absolute Gasteiger partial charge is 0.501 e. The van der Waals surface area contributed by atoms with Gasteiger partial charge in [-0.15, -0.1) is 0 Å². The van der Waals surface area contributed by atoms with Crippen molar-refractivity contribution in [2.45, 2.75) is 13.5 Å². The molecule has 0 fully saturated rings. The quantitative estimate of drug-likeness (QED) is 0.447. The van der Waals surface area contributed by atoms with Crippen LogP contribution in [0.4, 0.5) is 0 Å². The van der Waals surface area contributed by atoms with E-state index in [-0.39, 0.29) is 18.1 Å². The molecule has 0 aliphatic carbocycles. The van der Waals surface area contributed by atoms with Gasteiger partial charge in [-0.2, -0.15) is 0 Å². The standard InChI is InChI=1S/C21H20N4O5/c1-11-16(23-10-22-11)21-24-17(12-4-6-13(29-3)7-5-12)18(25-21)20-19(27)15(26)8-14(30-20)9-28-2/h4-8,10,27H,9H2,1-3H3,(H,22,23)(H,24,25). The molecule has 9 nitrogen and oxygen atoms in total. The molecule has 0 saturated heterocycles. The summed E-state index contributed by atoms with van der Waals surface area (Å²) in [6.45, 7) is 1.95. The Balaban J connectivity index is 1.95. The molecule has 9 heteroatoms. The molecule has 0 amide bonds. The summed E-state index contributed by atoms with van der Waals surface area (Å²) >= 11 is 0. The molecule has 0 radical (unpaired) electrons. The first-order valence-electron chi connectivity index (χ1n) is 9.12. The number of aromatic nitrogens is 4. The second-order valence-electron chi connectivity index (χ2n) is 6.60. The van der Waals surface area contributed by atoms with Gasteiger partial charge in [0.05, 0.1) is 13.4 Å². The highest BCUT2D eigenvalue weighted by molar-refractivity contribution is 5.81. The van der Waals surface area contributed by atoms with Crippen LogP contribution in [0.5, 0.6) is 11.5 Å². The lowest BCUT2D eigenvalue weighted by molar-refractivity contribution is 0.162. The van der Waals surface area contributed by atoms with Crippen molar-refractivity contribution in [3.63, 3.8) is 0 Å². The van der Waals surface area contributed by atoms with E-state index in [0.29, 0.717) is 28.7 Å². The van der Waals surface area contributed by atoms with Crippen LogP contribution in [0.25, 0.3) is 34.2 Å². The summed E-state index contributed by atoms with van der Waals surface area (Å²) in [7, 11) is 3.07. The molecule has 4 rings (SSSR count). The first-order valence-corrected chi connectivity index (χ1v) is 9.12. The highest BCUT2D eigenvalue weighted by Crippen LogP contribution is 2.37. The summed E-state index contributed by atoms with van der Waals surface area (Å²) in [6.07, 6.45) is 1.57. The number of methoxy groups -OCH3 is 2. The Morgan fingerprint density at radius 1 is 1.17 bits per heavy atom. The van der Waals surface area contributed by atoms with Crippen molar-refractivity contribution >= 4 is 0 Å². The van der Waals surface area contributed by atoms with Crippen LogP contribution in [0.3, 0.4) is 0 Å². The van der Waals surface area contributed by atoms with Gasteiger partial charge in [0, 0.05) is 24.4 Å². The highest BCUT2D eigenvalue weighted by Gasteiger charge is 2.23. The van der Waals surface area contributed by atoms with Gasteiger partial charge < -0.3 is 29.0 Å². The Kier molecular flexibility index (Phi) is 5.11. The number of hydrogen-bond donors (Lipinski definition) is 3. The minimum atomic E-state index is -0.573. The van der Waals surface area contributed by atoms with Gasteiger partial charge >= 0.3 is 0 Å². The number of benzene rings is 1. The zero-order valence-electron chi connectivity index (χ0n) is 16.6. The molecular weight excluding hydrogens is 388 g/mol. The van der Waals surface area contributed by atoms with Crippen molar-refractivity contribution in [2.75, 3.05) is 14.2 Å². The number of aromatic amines is 2. The van der Waals surface area contributed by atoms with E-state index < -0.39 is 11.2 Å². The van der Waals surface area contributed by atoms with E-state index in [9.17, 15) is 9.90 Å². The Labute approximate surface area is 171 Å². The maximum absolute atomic E-state index is 12.3. The number of nitrogens with zero attached hydrogens (tertiary/aromatic N) is 2. The summed E-state index contributed by atoms with van der Waals surface area (Å²) in [4.78, 5) is 27.4. The van der Waals surface area contributed by atoms with E-state index in [1.54, 1.807) is 25.6 Å². The molecule has 1 aromatic carbocycles. The maximum Gasteiger partial charge on any atom is 0.227 e. The average Bonchev–Trinajstić information content (AvgIpc) is 3.37. The fourth-order valence-corrected chi connectivity index (χ4v) is 3.12. The van der Waals surface area contributed by atoms with Crippen LogP contribution in [0.2, 0.25) is 0 Å². The third-order valence-electron chi connectivity index (χ3n) is 4.61. The summed E-state index contributed by atoms with van der Waals surface area (Å²) in [5, 5.41) is 10.5. The normalized spacial score (nSPS) is 11.0. The second-order valence-corrected chi connectivity index (χ2v) is 6.60. The molecule has 3 heterocycles. The minimum Gasteiger partial charge on any atom is -0.501 e. The van der Waals surface area contributed by atoms with Crippen molar-refractivity contribution in [1.82, 2.24) is 19.9 Å². The molecular formula is C21H20N4O5. The maximum atomic E-state index is 12.3. The van der Waals surface area contributed by atoms with Crippen LogP contribution in [-0.2, 0) is 11.3 Å². The van der Waals surface area contributed by atoms with Crippen LogP contribution >= 0.6 is 0 Å². The fourth-order valence-electron chi connectivity index (χ4n) is 3.12. The first kappa shape index (κ1) is 19.5. The SMILES string of the molecule is COCc1cc(=O)c(O)c(-c2[nH]c(-c3nc[nH]c3C)nc2-c2ccc(OC)cc2)o1. The van der Waals surface area contributed by atoms with Gasteiger partial charge in [0.15, 0.2) is 11.6 Å². The molecule has 0 aliphatic rings. The topological polar surface area (TPSA) is 126 Å². The van der Waals surface area contributed by atoms with Gasteiger partial charge in [-0.3, -0.25) is 4.79 Å². The zero-order chi connectivity index (χ0) is 21.3. The molecule has 3 aromatic heterocycles. The number of rotatable bonds is 6. The van der Waals surface area contributed by atoms with Crippen molar-refractivity contribution in [3.05, 3.63) is 58.3 Å². The van der Waals surface area contributed by atoms with E-state index in [4.69, 9.17) is 13.9 Å². The molecule has 3 N–H and O–H groups in total. The molecule has 154 valence electrons. The molecule has 0 saturated carbocycles. The van der Waals surface area contributed by atoms with Crippen molar-refractivity contribution in [1.29, 1.82) is 0 Å². The molecule has 0 aliphatic heterocycles. The number of aromatic hydroxyl groups is 1. The van der Waals surface area contributed by atoms with Gasteiger partial charge in [-0.25, -0.2) is 9.97 Å². The Bertz CT molecular complexity index is 1240. The van der Waals surface area contributed by atoms with Crippen LogP contribution in [0.1, 0.15) is 11.5 Å². The Morgan fingerprint density at radius 3 is 2.57 bits per heavy atom. The van der Waals surface area contributed by atoms with Crippen molar-refractivity contribution in [2.24, 2.45) is 0 Å². The van der Waals surface area contributed by atoms with E-state index in [1.165, 1.54) is 13.2 Å². The van der Waals surface area contributed by atoms with E-state index in [1.807, 2.05) is 19.1 Å². The van der Waals surface area contributed by atoms with Crippen molar-refractivity contribution in [3.8, 4) is 45.7 Å². The third-order valence-corrected chi connectivity index (χ3v) is 4.61. The van der Waals surface area contributed by atoms with E-state index >= 15 is 0 Å². The second kappa shape index (κ2) is 7.88. The molecule has 0 spiro atoms. The Morgan fingerprint density at radius 2 is 1.93 bits per heavy atom. The van der Waals surface area contributed by atoms with Gasteiger partial charge in [0.25, 0.3) is 0 Å². The summed E-state index contributed by atoms with van der Waals surface area (Å²) in [6, 6.07) is 8.45. The number of imidazole rings is 2. The number of nitrogens with one attached hydrogen (secondary N) is 2. The number of hydrogen-bond acceptors (Lipinski definition) is 7. The predicted octanol–water partition coefficient (Wildman–Crippen LogP) is 3.26. The zero-order valence-corrected chi connectivity index (χ0v) is 16.6. The summed E-state index contributed by atoms with van der Waals surface area (Å²) in [5.41, 5.74) is 2.44. The summed E-state index contributed by atoms with van der Waals surface area (Å²) < 4.78 is 16.1. The van der Waals surface area contributed by atoms with Gasteiger partial charge in [-0.1, -0.05) is 0 Å². The molecule has 30 heavy (non-hydrogen) atoms. The van der Waals surface area contributed by atoms with Gasteiger partial charge in [0.1, 0.15) is 35.2 Å². The van der Waals surface area contributed by atoms with Gasteiger partial charge in [0.2, 0.25) is 11.2 Å². The number of aryl methyl sites for hydroxylation is 1. The third kappa shape index (κ3) is 3.46. The number of H-pyrrole nitrogens is 2. The fraction of sp³-hybridized carbons (Fsp3) is 0.190.